The molecular formula is C19H29N5O2. The Kier molecular flexibility index (Phi) is 5.88. The molecule has 7 heteroatoms. The molecule has 26 heavy (non-hydrogen) atoms. The molecule has 1 saturated heterocycles. The van der Waals surface area contributed by atoms with Gasteiger partial charge in [-0.05, 0) is 39.7 Å². The first-order valence-electron chi connectivity index (χ1n) is 9.36. The van der Waals surface area contributed by atoms with E-state index in [1.54, 1.807) is 0 Å². The summed E-state index contributed by atoms with van der Waals surface area (Å²) in [6, 6.07) is 2.31. The lowest BCUT2D eigenvalue weighted by Gasteiger charge is -2.32. The van der Waals surface area contributed by atoms with Crippen LogP contribution in [0.3, 0.4) is 0 Å². The first kappa shape index (κ1) is 18.8. The van der Waals surface area contributed by atoms with Crippen molar-refractivity contribution in [2.45, 2.75) is 46.6 Å². The van der Waals surface area contributed by atoms with Gasteiger partial charge in [-0.2, -0.15) is 5.10 Å². The summed E-state index contributed by atoms with van der Waals surface area (Å²) in [5, 5.41) is 7.56. The van der Waals surface area contributed by atoms with Gasteiger partial charge in [-0.25, -0.2) is 9.50 Å². The number of aryl methyl sites for hydroxylation is 3. The van der Waals surface area contributed by atoms with Gasteiger partial charge in [-0.3, -0.25) is 9.69 Å². The number of fused-ring (bicyclic) bond motifs is 1. The number of nitrogens with one attached hydrogen (secondary N) is 1. The van der Waals surface area contributed by atoms with E-state index < -0.39 is 0 Å². The summed E-state index contributed by atoms with van der Waals surface area (Å²) in [6.07, 6.45) is 1.14. The number of rotatable bonds is 6. The molecule has 1 fully saturated rings. The summed E-state index contributed by atoms with van der Waals surface area (Å²) >= 11 is 0. The van der Waals surface area contributed by atoms with Crippen LogP contribution in [0.1, 0.15) is 36.0 Å². The minimum absolute atomic E-state index is 0.0839. The topological polar surface area (TPSA) is 71.8 Å². The molecule has 1 aliphatic heterocycles. The molecule has 1 N–H and O–H groups in total. The smallest absolute Gasteiger partial charge is 0.220 e. The molecule has 1 unspecified atom stereocenters. The third kappa shape index (κ3) is 4.22. The Labute approximate surface area is 154 Å². The summed E-state index contributed by atoms with van der Waals surface area (Å²) in [6.45, 7) is 12.3. The maximum absolute atomic E-state index is 12.3. The number of ether oxygens (including phenoxy) is 1. The van der Waals surface area contributed by atoms with Gasteiger partial charge in [0.25, 0.3) is 0 Å². The molecule has 0 saturated carbocycles. The van der Waals surface area contributed by atoms with Crippen LogP contribution in [0.2, 0.25) is 0 Å². The molecule has 0 radical (unpaired) electrons. The Hall–Kier alpha value is -1.99. The predicted molar refractivity (Wildman–Crippen MR) is 100 cm³/mol. The maximum atomic E-state index is 12.3. The van der Waals surface area contributed by atoms with Crippen molar-refractivity contribution in [2.75, 3.05) is 32.8 Å². The normalized spacial score (nSPS) is 16.8. The number of aromatic nitrogens is 3. The molecule has 0 aromatic carbocycles. The monoisotopic (exact) mass is 359 g/mol. The molecule has 142 valence electrons. The van der Waals surface area contributed by atoms with Gasteiger partial charge in [-0.1, -0.05) is 0 Å². The second-order valence-electron chi connectivity index (χ2n) is 7.12. The summed E-state index contributed by atoms with van der Waals surface area (Å²) in [5.74, 6) is 0.0839. The van der Waals surface area contributed by atoms with Crippen LogP contribution < -0.4 is 5.32 Å². The van der Waals surface area contributed by atoms with E-state index in [2.05, 4.69) is 27.2 Å². The zero-order chi connectivity index (χ0) is 18.7. The van der Waals surface area contributed by atoms with E-state index >= 15 is 0 Å². The molecule has 2 aromatic rings. The number of nitrogens with zero attached hydrogens (tertiary/aromatic N) is 4. The van der Waals surface area contributed by atoms with Crippen LogP contribution in [0, 0.1) is 20.8 Å². The number of hydrogen-bond acceptors (Lipinski definition) is 5. The Morgan fingerprint density at radius 1 is 1.31 bits per heavy atom. The lowest BCUT2D eigenvalue weighted by molar-refractivity contribution is -0.121. The number of hydrogen-bond donors (Lipinski definition) is 1. The zero-order valence-corrected chi connectivity index (χ0v) is 16.2. The molecule has 2 aromatic heterocycles. The standard InChI is InChI=1S/C19H29N5O2/c1-13-11-18-21-15(3)17(16(4)24(18)22-13)5-6-19(25)20-12-14(2)23-7-9-26-10-8-23/h11,14H,5-10,12H2,1-4H3,(H,20,25). The molecule has 3 rings (SSSR count). The van der Waals surface area contributed by atoms with Gasteiger partial charge in [0.15, 0.2) is 5.65 Å². The van der Waals surface area contributed by atoms with Gasteiger partial charge in [-0.15, -0.1) is 0 Å². The van der Waals surface area contributed by atoms with Crippen LogP contribution >= 0.6 is 0 Å². The number of morpholine rings is 1. The molecule has 0 aliphatic carbocycles. The number of amides is 1. The van der Waals surface area contributed by atoms with Crippen molar-refractivity contribution in [2.24, 2.45) is 0 Å². The SMILES string of the molecule is Cc1cc2nc(C)c(CCC(=O)NCC(C)N3CCOCC3)c(C)n2n1. The minimum atomic E-state index is 0.0839. The highest BCUT2D eigenvalue weighted by Gasteiger charge is 2.18. The molecule has 1 atom stereocenters. The maximum Gasteiger partial charge on any atom is 0.220 e. The first-order valence-corrected chi connectivity index (χ1v) is 9.36. The molecule has 3 heterocycles. The summed E-state index contributed by atoms with van der Waals surface area (Å²) in [5.41, 5.74) is 4.97. The van der Waals surface area contributed by atoms with Crippen molar-refractivity contribution in [1.29, 1.82) is 0 Å². The van der Waals surface area contributed by atoms with Crippen molar-refractivity contribution in [3.63, 3.8) is 0 Å². The molecule has 7 nitrogen and oxygen atoms in total. The van der Waals surface area contributed by atoms with Crippen LogP contribution in [-0.4, -0.2) is 64.3 Å². The van der Waals surface area contributed by atoms with Crippen molar-refractivity contribution < 1.29 is 9.53 Å². The fraction of sp³-hybridized carbons (Fsp3) is 0.632. The van der Waals surface area contributed by atoms with Gasteiger partial charge < -0.3 is 10.1 Å². The molecule has 0 spiro atoms. The van der Waals surface area contributed by atoms with E-state index in [0.717, 1.165) is 54.6 Å². The van der Waals surface area contributed by atoms with E-state index in [1.807, 2.05) is 31.4 Å². The van der Waals surface area contributed by atoms with Crippen molar-refractivity contribution in [3.8, 4) is 0 Å². The molecule has 0 bridgehead atoms. The van der Waals surface area contributed by atoms with Crippen LogP contribution in [-0.2, 0) is 16.0 Å². The van der Waals surface area contributed by atoms with Gasteiger partial charge >= 0.3 is 0 Å². The largest absolute Gasteiger partial charge is 0.379 e. The fourth-order valence-corrected chi connectivity index (χ4v) is 3.54. The van der Waals surface area contributed by atoms with E-state index in [4.69, 9.17) is 4.74 Å². The third-order valence-electron chi connectivity index (χ3n) is 5.15. The summed E-state index contributed by atoms with van der Waals surface area (Å²) in [4.78, 5) is 19.3. The first-order chi connectivity index (χ1) is 12.5. The van der Waals surface area contributed by atoms with Crippen LogP contribution in [0.4, 0.5) is 0 Å². The Morgan fingerprint density at radius 3 is 2.77 bits per heavy atom. The average molecular weight is 359 g/mol. The number of carbonyl (C=O) groups is 1. The Bertz CT molecular complexity index is 780. The molecule has 1 aliphatic rings. The number of carbonyl (C=O) groups excluding carboxylic acids is 1. The van der Waals surface area contributed by atoms with Crippen LogP contribution in [0.15, 0.2) is 6.07 Å². The second kappa shape index (κ2) is 8.14. The quantitative estimate of drug-likeness (QED) is 0.845. The van der Waals surface area contributed by atoms with Gasteiger partial charge in [0.05, 0.1) is 18.9 Å². The second-order valence-corrected chi connectivity index (χ2v) is 7.12. The van der Waals surface area contributed by atoms with Gasteiger partial charge in [0.1, 0.15) is 0 Å². The van der Waals surface area contributed by atoms with Crippen LogP contribution in [0.5, 0.6) is 0 Å². The van der Waals surface area contributed by atoms with E-state index in [1.165, 1.54) is 0 Å². The zero-order valence-electron chi connectivity index (χ0n) is 16.2. The van der Waals surface area contributed by atoms with Gasteiger partial charge in [0.2, 0.25) is 5.91 Å². The summed E-state index contributed by atoms with van der Waals surface area (Å²) in [7, 11) is 0. The molecule has 1 amide bonds. The van der Waals surface area contributed by atoms with Crippen LogP contribution in [0.25, 0.3) is 5.65 Å². The molecular weight excluding hydrogens is 330 g/mol. The fourth-order valence-electron chi connectivity index (χ4n) is 3.54. The minimum Gasteiger partial charge on any atom is -0.379 e. The van der Waals surface area contributed by atoms with E-state index in [9.17, 15) is 4.79 Å². The lowest BCUT2D eigenvalue weighted by Crippen LogP contribution is -2.47. The van der Waals surface area contributed by atoms with Crippen molar-refractivity contribution >= 4 is 11.6 Å². The van der Waals surface area contributed by atoms with Gasteiger partial charge in [0, 0.05) is 49.6 Å². The Balaban J connectivity index is 1.55. The predicted octanol–water partition coefficient (Wildman–Crippen LogP) is 1.42. The van der Waals surface area contributed by atoms with Crippen molar-refractivity contribution in [3.05, 3.63) is 28.7 Å². The Morgan fingerprint density at radius 2 is 2.04 bits per heavy atom. The van der Waals surface area contributed by atoms with E-state index in [0.29, 0.717) is 25.4 Å². The lowest BCUT2D eigenvalue weighted by atomic mass is 10.1. The highest BCUT2D eigenvalue weighted by molar-refractivity contribution is 5.76. The van der Waals surface area contributed by atoms with Crippen molar-refractivity contribution in [1.82, 2.24) is 24.8 Å². The third-order valence-corrected chi connectivity index (χ3v) is 5.15. The highest BCUT2D eigenvalue weighted by atomic mass is 16.5. The van der Waals surface area contributed by atoms with E-state index in [-0.39, 0.29) is 5.91 Å². The average Bonchev–Trinajstić information content (AvgIpc) is 3.00. The summed E-state index contributed by atoms with van der Waals surface area (Å²) < 4.78 is 7.25. The highest BCUT2D eigenvalue weighted by Crippen LogP contribution is 2.17.